The molecule has 0 heterocycles. The number of benzene rings is 1. The Morgan fingerprint density at radius 1 is 1.06 bits per heavy atom. The van der Waals surface area contributed by atoms with Crippen LogP contribution in [0.1, 0.15) is 0 Å². The van der Waals surface area contributed by atoms with Crippen LogP contribution in [-0.4, -0.2) is 24.0 Å². The molecule has 0 saturated heterocycles. The average molecular weight is 309 g/mol. The highest BCUT2D eigenvalue weighted by atomic mass is 35.5. The van der Waals surface area contributed by atoms with Crippen LogP contribution in [0.2, 0.25) is 5.02 Å². The topological polar surface area (TPSA) is 0 Å². The Hall–Kier alpha value is -0.560. The van der Waals surface area contributed by atoms with E-state index in [0.717, 1.165) is 0 Å². The third-order valence-electron chi connectivity index (χ3n) is 2.00. The van der Waals surface area contributed by atoms with Crippen LogP contribution in [0.3, 0.4) is 0 Å². The summed E-state index contributed by atoms with van der Waals surface area (Å²) in [7, 11) is 0. The van der Waals surface area contributed by atoms with Gasteiger partial charge >= 0.3 is 18.3 Å². The van der Waals surface area contributed by atoms with E-state index >= 15 is 0 Å². The average Bonchev–Trinajstić information content (AvgIpc) is 2.28. The van der Waals surface area contributed by atoms with Crippen molar-refractivity contribution in [2.24, 2.45) is 0 Å². The number of halogens is 7. The maximum atomic E-state index is 12.9. The molecule has 0 bridgehead atoms. The Balaban J connectivity index is 2.70. The van der Waals surface area contributed by atoms with Gasteiger partial charge in [0.25, 0.3) is 0 Å². The third-order valence-corrected chi connectivity index (χ3v) is 3.36. The molecule has 0 radical (unpaired) electrons. The molecule has 8 heteroatoms. The van der Waals surface area contributed by atoms with Gasteiger partial charge in [0.15, 0.2) is 0 Å². The number of alkyl halides is 6. The van der Waals surface area contributed by atoms with Gasteiger partial charge in [0.2, 0.25) is 0 Å². The maximum Gasteiger partial charge on any atom is 0.370 e. The molecule has 0 aliphatic rings. The van der Waals surface area contributed by atoms with Gasteiger partial charge in [0.05, 0.1) is 5.75 Å². The fraction of sp³-hybridized carbons (Fsp3) is 0.400. The molecule has 1 aromatic rings. The van der Waals surface area contributed by atoms with Crippen molar-refractivity contribution in [2.75, 3.05) is 5.75 Å². The zero-order valence-electron chi connectivity index (χ0n) is 8.65. The van der Waals surface area contributed by atoms with E-state index in [1.54, 1.807) is 0 Å². The van der Waals surface area contributed by atoms with Crippen LogP contribution in [0.4, 0.5) is 26.3 Å². The Morgan fingerprint density at radius 3 is 2.00 bits per heavy atom. The van der Waals surface area contributed by atoms with Crippen molar-refractivity contribution in [1.82, 2.24) is 0 Å². The summed E-state index contributed by atoms with van der Waals surface area (Å²) < 4.78 is 74.7. The first kappa shape index (κ1) is 15.5. The zero-order valence-corrected chi connectivity index (χ0v) is 10.2. The number of hydrogen-bond acceptors (Lipinski definition) is 1. The molecule has 102 valence electrons. The molecule has 0 nitrogen and oxygen atoms in total. The lowest BCUT2D eigenvalue weighted by Gasteiger charge is -2.25. The Labute approximate surface area is 108 Å². The van der Waals surface area contributed by atoms with E-state index in [1.165, 1.54) is 24.3 Å². The van der Waals surface area contributed by atoms with Gasteiger partial charge in [-0.3, -0.25) is 0 Å². The predicted octanol–water partition coefficient (Wildman–Crippen LogP) is 4.97. The van der Waals surface area contributed by atoms with E-state index < -0.39 is 24.0 Å². The molecule has 0 amide bonds. The lowest BCUT2D eigenvalue weighted by molar-refractivity contribution is -0.252. The maximum absolute atomic E-state index is 12.9. The molecule has 0 N–H and O–H groups in total. The first-order chi connectivity index (χ1) is 8.17. The van der Waals surface area contributed by atoms with Crippen LogP contribution in [-0.2, 0) is 0 Å². The Morgan fingerprint density at radius 2 is 1.56 bits per heavy atom. The molecule has 0 unspecified atom stereocenters. The smallest absolute Gasteiger partial charge is 0.203 e. The molecular weight excluding hydrogens is 302 g/mol. The van der Waals surface area contributed by atoms with Gasteiger partial charge in [0.1, 0.15) is 0 Å². The van der Waals surface area contributed by atoms with Gasteiger partial charge in [-0.2, -0.15) is 17.6 Å². The molecule has 1 rings (SSSR count). The lowest BCUT2D eigenvalue weighted by atomic mass is 10.2. The van der Waals surface area contributed by atoms with Crippen LogP contribution < -0.4 is 0 Å². The number of thioether (sulfide) groups is 1. The minimum Gasteiger partial charge on any atom is -0.203 e. The van der Waals surface area contributed by atoms with Crippen molar-refractivity contribution in [3.05, 3.63) is 29.3 Å². The minimum absolute atomic E-state index is 0.240. The van der Waals surface area contributed by atoms with Crippen molar-refractivity contribution in [3.63, 3.8) is 0 Å². The highest BCUT2D eigenvalue weighted by molar-refractivity contribution is 7.99. The second-order valence-corrected chi connectivity index (χ2v) is 4.86. The van der Waals surface area contributed by atoms with Crippen molar-refractivity contribution >= 4 is 23.4 Å². The van der Waals surface area contributed by atoms with Crippen LogP contribution >= 0.6 is 23.4 Å². The fourth-order valence-electron chi connectivity index (χ4n) is 0.961. The second-order valence-electron chi connectivity index (χ2n) is 3.37. The first-order valence-electron chi connectivity index (χ1n) is 4.59. The predicted molar refractivity (Wildman–Crippen MR) is 58.1 cm³/mol. The summed E-state index contributed by atoms with van der Waals surface area (Å²) in [5.41, 5.74) is 0. The summed E-state index contributed by atoms with van der Waals surface area (Å²) in [6.07, 6.45) is -4.40. The zero-order chi connectivity index (χ0) is 14.0. The van der Waals surface area contributed by atoms with E-state index in [0.29, 0.717) is 16.8 Å². The molecule has 18 heavy (non-hydrogen) atoms. The van der Waals surface area contributed by atoms with Crippen LogP contribution in [0.15, 0.2) is 29.2 Å². The second kappa shape index (κ2) is 5.61. The third kappa shape index (κ3) is 3.47. The van der Waals surface area contributed by atoms with Gasteiger partial charge in [-0.25, -0.2) is 8.78 Å². The van der Waals surface area contributed by atoms with Gasteiger partial charge in [-0.05, 0) is 24.3 Å². The number of rotatable bonds is 5. The molecule has 1 aromatic carbocycles. The summed E-state index contributed by atoms with van der Waals surface area (Å²) in [5, 5.41) is 0.351. The molecule has 0 atom stereocenters. The lowest BCUT2D eigenvalue weighted by Crippen LogP contribution is -2.48. The quantitative estimate of drug-likeness (QED) is 0.547. The van der Waals surface area contributed by atoms with E-state index in [-0.39, 0.29) is 4.90 Å². The molecule has 0 saturated carbocycles. The molecule has 0 aliphatic heterocycles. The van der Waals surface area contributed by atoms with Gasteiger partial charge in [0, 0.05) is 9.92 Å². The van der Waals surface area contributed by atoms with E-state index in [1.807, 2.05) is 0 Å². The van der Waals surface area contributed by atoms with E-state index in [4.69, 9.17) is 11.6 Å². The SMILES string of the molecule is FC(F)C(F)(F)C(F)(F)CSc1ccc(Cl)cc1. The largest absolute Gasteiger partial charge is 0.370 e. The Kier molecular flexibility index (Phi) is 4.83. The summed E-state index contributed by atoms with van der Waals surface area (Å²) in [4.78, 5) is 0.240. The highest BCUT2D eigenvalue weighted by Gasteiger charge is 2.62. The van der Waals surface area contributed by atoms with Crippen LogP contribution in [0.5, 0.6) is 0 Å². The van der Waals surface area contributed by atoms with Crippen molar-refractivity contribution in [3.8, 4) is 0 Å². The fourth-order valence-corrected chi connectivity index (χ4v) is 1.96. The van der Waals surface area contributed by atoms with Gasteiger partial charge < -0.3 is 0 Å². The molecular formula is C10H7ClF6S. The number of hydrogen-bond donors (Lipinski definition) is 0. The first-order valence-corrected chi connectivity index (χ1v) is 5.95. The van der Waals surface area contributed by atoms with Crippen LogP contribution in [0, 0.1) is 0 Å². The summed E-state index contributed by atoms with van der Waals surface area (Å²) >= 11 is 5.90. The molecule has 0 aliphatic carbocycles. The van der Waals surface area contributed by atoms with Crippen molar-refractivity contribution < 1.29 is 26.3 Å². The standard InChI is InChI=1S/C10H7ClF6S/c11-6-1-3-7(4-2-6)18-5-9(14,15)10(16,17)8(12)13/h1-4,8H,5H2. The highest BCUT2D eigenvalue weighted by Crippen LogP contribution is 2.42. The molecule has 0 spiro atoms. The van der Waals surface area contributed by atoms with Gasteiger partial charge in [-0.15, -0.1) is 11.8 Å². The van der Waals surface area contributed by atoms with Crippen molar-refractivity contribution in [2.45, 2.75) is 23.2 Å². The summed E-state index contributed by atoms with van der Waals surface area (Å²) in [5.74, 6) is -11.6. The summed E-state index contributed by atoms with van der Waals surface area (Å²) in [6.45, 7) is 0. The molecule has 0 aromatic heterocycles. The van der Waals surface area contributed by atoms with Gasteiger partial charge in [-0.1, -0.05) is 11.6 Å². The minimum atomic E-state index is -5.34. The van der Waals surface area contributed by atoms with Crippen LogP contribution in [0.25, 0.3) is 0 Å². The van der Waals surface area contributed by atoms with E-state index in [9.17, 15) is 26.3 Å². The summed E-state index contributed by atoms with van der Waals surface area (Å²) in [6, 6.07) is 5.44. The van der Waals surface area contributed by atoms with E-state index in [2.05, 4.69) is 0 Å². The monoisotopic (exact) mass is 308 g/mol. The molecule has 0 fully saturated rings. The van der Waals surface area contributed by atoms with Crippen molar-refractivity contribution in [1.29, 1.82) is 0 Å². The normalized spacial score (nSPS) is 13.1. The Bertz CT molecular complexity index is 392.